The van der Waals surface area contributed by atoms with Crippen LogP contribution in [0.4, 0.5) is 0 Å². The second-order valence-electron chi connectivity index (χ2n) is 9.04. The minimum absolute atomic E-state index is 0.125. The van der Waals surface area contributed by atoms with Crippen molar-refractivity contribution < 1.29 is 18.8 Å². The van der Waals surface area contributed by atoms with E-state index in [0.29, 0.717) is 43.3 Å². The number of nitrogens with one attached hydrogen (secondary N) is 1. The summed E-state index contributed by atoms with van der Waals surface area (Å²) in [7, 11) is 0. The first-order valence-electron chi connectivity index (χ1n) is 11.7. The first kappa shape index (κ1) is 25.8. The minimum Gasteiger partial charge on any atom is -0.459 e. The summed E-state index contributed by atoms with van der Waals surface area (Å²) in [6, 6.07) is 9.71. The number of carbonyl (C=O) groups excluding carboxylic acids is 3. The van der Waals surface area contributed by atoms with Gasteiger partial charge in [0.1, 0.15) is 6.04 Å². The molecule has 1 fully saturated rings. The summed E-state index contributed by atoms with van der Waals surface area (Å²) in [5, 5.41) is 3.44. The topological polar surface area (TPSA) is 109 Å². The molecule has 8 nitrogen and oxygen atoms in total. The molecule has 1 aromatic heterocycles. The highest BCUT2D eigenvalue weighted by Crippen LogP contribution is 2.22. The number of furan rings is 1. The van der Waals surface area contributed by atoms with E-state index in [1.54, 1.807) is 34.1 Å². The maximum absolute atomic E-state index is 13.5. The van der Waals surface area contributed by atoms with E-state index in [4.69, 9.17) is 21.8 Å². The van der Waals surface area contributed by atoms with Crippen LogP contribution in [0.2, 0.25) is 5.02 Å². The molecule has 2 atom stereocenters. The lowest BCUT2D eigenvalue weighted by Gasteiger charge is -2.30. The van der Waals surface area contributed by atoms with Gasteiger partial charge in [-0.05, 0) is 42.2 Å². The fraction of sp³-hybridized carbons (Fsp3) is 0.480. The molecule has 34 heavy (non-hydrogen) atoms. The van der Waals surface area contributed by atoms with Crippen molar-refractivity contribution >= 4 is 29.3 Å². The molecule has 0 radical (unpaired) electrons. The highest BCUT2D eigenvalue weighted by atomic mass is 35.5. The monoisotopic (exact) mass is 488 g/mol. The Morgan fingerprint density at radius 3 is 2.59 bits per heavy atom. The van der Waals surface area contributed by atoms with Gasteiger partial charge in [-0.1, -0.05) is 37.6 Å². The Bertz CT molecular complexity index is 962. The summed E-state index contributed by atoms with van der Waals surface area (Å²) in [4.78, 5) is 42.4. The Kier molecular flexibility index (Phi) is 9.12. The summed E-state index contributed by atoms with van der Waals surface area (Å²) >= 11 is 5.99. The Balaban J connectivity index is 1.73. The Labute approximate surface area is 205 Å². The zero-order valence-electron chi connectivity index (χ0n) is 19.7. The van der Waals surface area contributed by atoms with Crippen molar-refractivity contribution in [2.45, 2.75) is 45.2 Å². The molecule has 3 rings (SSSR count). The van der Waals surface area contributed by atoms with Gasteiger partial charge in [0.15, 0.2) is 5.76 Å². The fourth-order valence-electron chi connectivity index (χ4n) is 4.20. The van der Waals surface area contributed by atoms with Gasteiger partial charge in [0.2, 0.25) is 11.8 Å². The van der Waals surface area contributed by atoms with E-state index in [1.807, 2.05) is 12.1 Å². The lowest BCUT2D eigenvalue weighted by atomic mass is 10.0. The van der Waals surface area contributed by atoms with Crippen LogP contribution >= 0.6 is 11.6 Å². The van der Waals surface area contributed by atoms with Crippen molar-refractivity contribution in [2.75, 3.05) is 26.2 Å². The molecule has 3 amide bonds. The smallest absolute Gasteiger partial charge is 0.289 e. The second-order valence-corrected chi connectivity index (χ2v) is 9.48. The molecule has 0 bridgehead atoms. The third kappa shape index (κ3) is 6.84. The highest BCUT2D eigenvalue weighted by molar-refractivity contribution is 6.30. The van der Waals surface area contributed by atoms with Crippen LogP contribution in [-0.2, 0) is 16.0 Å². The minimum atomic E-state index is -0.724. The summed E-state index contributed by atoms with van der Waals surface area (Å²) in [5.74, 6) is -0.0540. The van der Waals surface area contributed by atoms with Crippen LogP contribution in [0, 0.1) is 5.92 Å². The number of carbonyl (C=O) groups is 3. The van der Waals surface area contributed by atoms with Gasteiger partial charge in [0, 0.05) is 44.0 Å². The number of benzene rings is 1. The molecule has 184 valence electrons. The van der Waals surface area contributed by atoms with Crippen molar-refractivity contribution in [1.82, 2.24) is 15.1 Å². The third-order valence-electron chi connectivity index (χ3n) is 5.83. The summed E-state index contributed by atoms with van der Waals surface area (Å²) < 4.78 is 5.33. The Morgan fingerprint density at radius 1 is 1.24 bits per heavy atom. The average Bonchev–Trinajstić information content (AvgIpc) is 3.50. The number of amides is 3. The number of halogens is 1. The summed E-state index contributed by atoms with van der Waals surface area (Å²) in [6.07, 6.45) is 2.63. The van der Waals surface area contributed by atoms with Gasteiger partial charge in [0.05, 0.1) is 12.3 Å². The lowest BCUT2D eigenvalue weighted by molar-refractivity contribution is -0.135. The first-order chi connectivity index (χ1) is 16.3. The number of likely N-dealkylation sites (tertiary alicyclic amines) is 1. The molecule has 1 aliphatic heterocycles. The van der Waals surface area contributed by atoms with Crippen LogP contribution in [0.25, 0.3) is 0 Å². The van der Waals surface area contributed by atoms with Crippen LogP contribution in [0.15, 0.2) is 47.1 Å². The van der Waals surface area contributed by atoms with Gasteiger partial charge in [-0.2, -0.15) is 0 Å². The van der Waals surface area contributed by atoms with Gasteiger partial charge in [-0.3, -0.25) is 14.4 Å². The molecule has 2 unspecified atom stereocenters. The number of rotatable bonds is 10. The van der Waals surface area contributed by atoms with E-state index in [-0.39, 0.29) is 42.6 Å². The van der Waals surface area contributed by atoms with Crippen LogP contribution in [0.5, 0.6) is 0 Å². The van der Waals surface area contributed by atoms with Gasteiger partial charge in [-0.15, -0.1) is 0 Å². The molecular weight excluding hydrogens is 456 g/mol. The number of hydrogen-bond acceptors (Lipinski definition) is 5. The number of nitrogens with zero attached hydrogens (tertiary/aromatic N) is 2. The maximum Gasteiger partial charge on any atom is 0.289 e. The Morgan fingerprint density at radius 2 is 1.97 bits per heavy atom. The molecular formula is C25H33ClN4O4. The standard InChI is InChI=1S/C25H33ClN4O4/c1-17(2)15-30(25(33)22-4-3-13-34-22)20-10-12-29(16-20)24(32)21(28-23(31)9-11-27)14-18-5-7-19(26)8-6-18/h3-8,13,17,20-21H,9-12,14-16,27H2,1-2H3,(H,28,31). The zero-order valence-corrected chi connectivity index (χ0v) is 20.5. The van der Waals surface area contributed by atoms with Gasteiger partial charge >= 0.3 is 0 Å². The van der Waals surface area contributed by atoms with Crippen LogP contribution < -0.4 is 11.1 Å². The molecule has 1 aliphatic rings. The first-order valence-corrected chi connectivity index (χ1v) is 12.0. The van der Waals surface area contributed by atoms with E-state index < -0.39 is 6.04 Å². The van der Waals surface area contributed by atoms with Crippen LogP contribution in [-0.4, -0.2) is 65.8 Å². The molecule has 3 N–H and O–H groups in total. The zero-order chi connectivity index (χ0) is 24.7. The van der Waals surface area contributed by atoms with Crippen molar-refractivity contribution in [3.63, 3.8) is 0 Å². The molecule has 1 aromatic carbocycles. The van der Waals surface area contributed by atoms with E-state index in [9.17, 15) is 14.4 Å². The molecule has 0 aliphatic carbocycles. The normalized spacial score (nSPS) is 16.5. The van der Waals surface area contributed by atoms with Crippen molar-refractivity contribution in [3.8, 4) is 0 Å². The molecule has 0 spiro atoms. The predicted molar refractivity (Wildman–Crippen MR) is 130 cm³/mol. The Hall–Kier alpha value is -2.84. The lowest BCUT2D eigenvalue weighted by Crippen LogP contribution is -2.50. The molecule has 1 saturated heterocycles. The van der Waals surface area contributed by atoms with Gasteiger partial charge in [0.25, 0.3) is 5.91 Å². The third-order valence-corrected chi connectivity index (χ3v) is 6.08. The second kappa shape index (κ2) is 12.0. The fourth-order valence-corrected chi connectivity index (χ4v) is 4.33. The number of nitrogens with two attached hydrogens (primary N) is 1. The van der Waals surface area contributed by atoms with Gasteiger partial charge < -0.3 is 25.3 Å². The average molecular weight is 489 g/mol. The van der Waals surface area contributed by atoms with E-state index in [1.165, 1.54) is 6.26 Å². The highest BCUT2D eigenvalue weighted by Gasteiger charge is 2.36. The van der Waals surface area contributed by atoms with Crippen LogP contribution in [0.1, 0.15) is 42.8 Å². The number of hydrogen-bond donors (Lipinski definition) is 2. The predicted octanol–water partition coefficient (Wildman–Crippen LogP) is 2.71. The molecule has 2 aromatic rings. The molecule has 0 saturated carbocycles. The van der Waals surface area contributed by atoms with E-state index in [2.05, 4.69) is 19.2 Å². The SMILES string of the molecule is CC(C)CN(C(=O)c1ccco1)C1CCN(C(=O)C(Cc2ccc(Cl)cc2)NC(=O)CCN)C1. The van der Waals surface area contributed by atoms with Crippen molar-refractivity contribution in [1.29, 1.82) is 0 Å². The molecule has 2 heterocycles. The molecule has 9 heteroatoms. The van der Waals surface area contributed by atoms with Gasteiger partial charge in [-0.25, -0.2) is 0 Å². The van der Waals surface area contributed by atoms with E-state index in [0.717, 1.165) is 5.56 Å². The van der Waals surface area contributed by atoms with E-state index >= 15 is 0 Å². The largest absolute Gasteiger partial charge is 0.459 e. The van der Waals surface area contributed by atoms with Crippen LogP contribution in [0.3, 0.4) is 0 Å². The summed E-state index contributed by atoms with van der Waals surface area (Å²) in [6.45, 7) is 5.78. The van der Waals surface area contributed by atoms with Crippen molar-refractivity contribution in [2.24, 2.45) is 11.7 Å². The quantitative estimate of drug-likeness (QED) is 0.534. The summed E-state index contributed by atoms with van der Waals surface area (Å²) in [5.41, 5.74) is 6.41. The maximum atomic E-state index is 13.5. The van der Waals surface area contributed by atoms with Crippen molar-refractivity contribution in [3.05, 3.63) is 59.0 Å².